The summed E-state index contributed by atoms with van der Waals surface area (Å²) in [5.74, 6) is 2.06. The van der Waals surface area contributed by atoms with Crippen molar-refractivity contribution in [1.29, 1.82) is 0 Å². The SMILES string of the molecule is CCCCCCCCOc1cc(-c2ccc(-c3sc(-c4cc(CCCCCCCC)c(-c5ccc(-c6cc(C)c(-c7ccc(-c8sccc8CCCCCCCC)s7)cc6OCCCCCCCC)s5)s4)cc3CCCCCCCC)s2)c(C)cc1-c1ccc(-c2sccc2CCCCCCCC)s1. The van der Waals surface area contributed by atoms with Gasteiger partial charge in [-0.25, -0.2) is 0 Å². The highest BCUT2D eigenvalue weighted by Gasteiger charge is 2.24. The van der Waals surface area contributed by atoms with Gasteiger partial charge in [0, 0.05) is 79.4 Å². The number of hydrogen-bond acceptors (Lipinski definition) is 10. The summed E-state index contributed by atoms with van der Waals surface area (Å²) in [6, 6.07) is 39.0. The number of hydrogen-bond donors (Lipinski definition) is 0. The summed E-state index contributed by atoms with van der Waals surface area (Å²) in [5, 5.41) is 4.62. The molecule has 0 aliphatic rings. The predicted molar refractivity (Wildman–Crippen MR) is 474 cm³/mol. The highest BCUT2D eigenvalue weighted by atomic mass is 32.1. The molecule has 0 saturated carbocycles. The molecule has 0 radical (unpaired) electrons. The standard InChI is InChI=1S/C94H126O2S8/c1-9-15-21-27-33-39-45-71-57-61-97-91(71)85-53-49-81(99-85)75-67-80(96-60-44-38-32-26-20-14-6)78(64-69(75)7)84-52-56-88(102-84)94-74(48-42-36-30-24-18-12-4)66-90(104-94)89-65-73(47-41-35-29-23-17-11-3)93(103-89)87-55-50-82(100-87)76-68-79(95-59-43-37-31-25-19-13-5)77(63-70(76)8)83-51-54-86(101-83)92-72(58-62-98-92)46-40-34-28-22-16-10-2/h49-58,61-68H,9-48,59-60H2,1-8H3. The van der Waals surface area contributed by atoms with Crippen molar-refractivity contribution in [3.8, 4) is 102 Å². The Bertz CT molecular complexity index is 4040. The zero-order valence-electron chi connectivity index (χ0n) is 65.2. The number of thiophene rings is 8. The van der Waals surface area contributed by atoms with Crippen LogP contribution < -0.4 is 9.47 Å². The molecule has 0 bridgehead atoms. The Morgan fingerprint density at radius 1 is 0.231 bits per heavy atom. The molecule has 0 atom stereocenters. The van der Waals surface area contributed by atoms with Crippen molar-refractivity contribution in [2.45, 2.75) is 312 Å². The lowest BCUT2D eigenvalue weighted by Crippen LogP contribution is -2.00. The Morgan fingerprint density at radius 2 is 0.500 bits per heavy atom. The van der Waals surface area contributed by atoms with Crippen LogP contribution >= 0.6 is 90.7 Å². The maximum atomic E-state index is 7.02. The molecular formula is C94H126O2S8. The van der Waals surface area contributed by atoms with E-state index in [9.17, 15) is 0 Å². The Kier molecular flexibility index (Phi) is 36.0. The predicted octanol–water partition coefficient (Wildman–Crippen LogP) is 34.9. The van der Waals surface area contributed by atoms with E-state index in [1.807, 2.05) is 68.0 Å². The molecule has 8 aromatic heterocycles. The van der Waals surface area contributed by atoms with Gasteiger partial charge in [0.15, 0.2) is 0 Å². The normalized spacial score (nSPS) is 11.7. The minimum absolute atomic E-state index is 0.745. The number of unbranched alkanes of at least 4 members (excludes halogenated alkanes) is 30. The fourth-order valence-corrected chi connectivity index (χ4v) is 24.1. The van der Waals surface area contributed by atoms with Crippen LogP contribution in [0.4, 0.5) is 0 Å². The van der Waals surface area contributed by atoms with Crippen LogP contribution in [-0.4, -0.2) is 13.2 Å². The summed E-state index contributed by atoms with van der Waals surface area (Å²) in [7, 11) is 0. The van der Waals surface area contributed by atoms with Crippen LogP contribution in [0.25, 0.3) is 90.5 Å². The molecule has 10 rings (SSSR count). The minimum atomic E-state index is 0.745. The third kappa shape index (κ3) is 24.3. The average molecular weight is 1540 g/mol. The number of ether oxygens (including phenoxy) is 2. The van der Waals surface area contributed by atoms with E-state index in [-0.39, 0.29) is 0 Å². The summed E-state index contributed by atoms with van der Waals surface area (Å²) < 4.78 is 14.0. The summed E-state index contributed by atoms with van der Waals surface area (Å²) >= 11 is 15.8. The summed E-state index contributed by atoms with van der Waals surface area (Å²) in [6.07, 6.45) is 51.1. The molecule has 0 aliphatic carbocycles. The quantitative estimate of drug-likeness (QED) is 0.0354. The van der Waals surface area contributed by atoms with Crippen molar-refractivity contribution < 1.29 is 9.47 Å². The van der Waals surface area contributed by atoms with Crippen molar-refractivity contribution >= 4 is 90.7 Å². The monoisotopic (exact) mass is 1540 g/mol. The van der Waals surface area contributed by atoms with Crippen LogP contribution in [0.2, 0.25) is 0 Å². The lowest BCUT2D eigenvalue weighted by Gasteiger charge is -2.15. The Morgan fingerprint density at radius 3 is 0.827 bits per heavy atom. The highest BCUT2D eigenvalue weighted by molar-refractivity contribution is 7.29. The molecule has 0 fully saturated rings. The Labute approximate surface area is 663 Å². The lowest BCUT2D eigenvalue weighted by atomic mass is 10.0. The van der Waals surface area contributed by atoms with Crippen LogP contribution in [0, 0.1) is 13.8 Å². The molecule has 562 valence electrons. The molecule has 0 saturated heterocycles. The zero-order chi connectivity index (χ0) is 72.5. The average Bonchev–Trinajstić information content (AvgIpc) is 1.55. The minimum Gasteiger partial charge on any atom is -0.493 e. The number of aryl methyl sites for hydroxylation is 6. The molecule has 2 aromatic carbocycles. The van der Waals surface area contributed by atoms with Crippen LogP contribution in [-0.2, 0) is 25.7 Å². The van der Waals surface area contributed by atoms with E-state index in [1.165, 1.54) is 355 Å². The number of rotatable bonds is 53. The summed E-state index contributed by atoms with van der Waals surface area (Å²) in [6.45, 7) is 20.1. The molecule has 0 amide bonds. The van der Waals surface area contributed by atoms with E-state index >= 15 is 0 Å². The number of benzene rings is 2. The molecule has 0 N–H and O–H groups in total. The largest absolute Gasteiger partial charge is 0.493 e. The van der Waals surface area contributed by atoms with Crippen molar-refractivity contribution in [3.05, 3.63) is 141 Å². The molecular weight excluding hydrogens is 1420 g/mol. The smallest absolute Gasteiger partial charge is 0.128 e. The first-order chi connectivity index (χ1) is 51.2. The van der Waals surface area contributed by atoms with E-state index in [0.717, 1.165) is 50.4 Å². The van der Waals surface area contributed by atoms with E-state index in [4.69, 9.17) is 9.47 Å². The van der Waals surface area contributed by atoms with Gasteiger partial charge >= 0.3 is 0 Å². The first-order valence-electron chi connectivity index (χ1n) is 41.6. The zero-order valence-corrected chi connectivity index (χ0v) is 71.7. The second-order valence-electron chi connectivity index (χ2n) is 29.8. The van der Waals surface area contributed by atoms with Crippen molar-refractivity contribution in [2.24, 2.45) is 0 Å². The third-order valence-electron chi connectivity index (χ3n) is 21.1. The van der Waals surface area contributed by atoms with Gasteiger partial charge in [-0.15, -0.1) is 90.7 Å². The van der Waals surface area contributed by atoms with Crippen LogP contribution in [0.15, 0.2) is 108 Å². The molecule has 10 aromatic rings. The molecule has 104 heavy (non-hydrogen) atoms. The lowest BCUT2D eigenvalue weighted by molar-refractivity contribution is 0.305. The van der Waals surface area contributed by atoms with Gasteiger partial charge in [-0.1, -0.05) is 234 Å². The highest BCUT2D eigenvalue weighted by Crippen LogP contribution is 2.52. The first-order valence-corrected chi connectivity index (χ1v) is 48.2. The second kappa shape index (κ2) is 45.6. The van der Waals surface area contributed by atoms with E-state index < -0.39 is 0 Å². The van der Waals surface area contributed by atoms with Gasteiger partial charge < -0.3 is 9.47 Å². The molecule has 0 spiro atoms. The summed E-state index contributed by atoms with van der Waals surface area (Å²) in [5.41, 5.74) is 13.8. The first kappa shape index (κ1) is 82.1. The van der Waals surface area contributed by atoms with E-state index in [1.54, 1.807) is 0 Å². The molecule has 10 heteroatoms. The second-order valence-corrected chi connectivity index (χ2v) is 38.0. The maximum Gasteiger partial charge on any atom is 0.128 e. The van der Waals surface area contributed by atoms with Crippen LogP contribution in [0.1, 0.15) is 306 Å². The summed E-state index contributed by atoms with van der Waals surface area (Å²) in [4.78, 5) is 19.5. The Balaban J connectivity index is 0.951. The Hall–Kier alpha value is -4.36. The van der Waals surface area contributed by atoms with Gasteiger partial charge in [0.25, 0.3) is 0 Å². The van der Waals surface area contributed by atoms with Gasteiger partial charge in [-0.2, -0.15) is 0 Å². The van der Waals surface area contributed by atoms with Gasteiger partial charge in [0.2, 0.25) is 0 Å². The van der Waals surface area contributed by atoms with Crippen molar-refractivity contribution in [2.75, 3.05) is 13.2 Å². The van der Waals surface area contributed by atoms with Gasteiger partial charge in [-0.05, 0) is 230 Å². The van der Waals surface area contributed by atoms with Crippen LogP contribution in [0.3, 0.4) is 0 Å². The molecule has 0 aliphatic heterocycles. The fraction of sp³-hybridized carbons (Fsp3) is 0.532. The molecule has 2 nitrogen and oxygen atoms in total. The van der Waals surface area contributed by atoms with Gasteiger partial charge in [0.05, 0.1) is 13.2 Å². The topological polar surface area (TPSA) is 18.5 Å². The van der Waals surface area contributed by atoms with Gasteiger partial charge in [0.1, 0.15) is 11.5 Å². The maximum absolute atomic E-state index is 7.02. The van der Waals surface area contributed by atoms with Crippen molar-refractivity contribution in [3.63, 3.8) is 0 Å². The van der Waals surface area contributed by atoms with Gasteiger partial charge in [-0.3, -0.25) is 0 Å². The molecule has 8 heterocycles. The fourth-order valence-electron chi connectivity index (χ4n) is 14.8. The van der Waals surface area contributed by atoms with Crippen molar-refractivity contribution in [1.82, 2.24) is 0 Å². The third-order valence-corrected chi connectivity index (χ3v) is 30.8. The molecule has 0 unspecified atom stereocenters. The van der Waals surface area contributed by atoms with E-state index in [2.05, 4.69) is 186 Å². The van der Waals surface area contributed by atoms with E-state index in [0.29, 0.717) is 0 Å². The van der Waals surface area contributed by atoms with Crippen LogP contribution in [0.5, 0.6) is 11.5 Å².